The predicted molar refractivity (Wildman–Crippen MR) is 101 cm³/mol. The Morgan fingerprint density at radius 2 is 1.86 bits per heavy atom. The maximum absolute atomic E-state index is 12.8. The molecular formula is C19H20ClNO6S. The SMILES string of the molecule is CC(C)(Oc1ccc(Cl)cc1)C(=O)OCN1C(=O)C2=C(C3CCC2C3)S1(=O)=O. The van der Waals surface area contributed by atoms with Crippen molar-refractivity contribution in [3.05, 3.63) is 39.8 Å². The lowest BCUT2D eigenvalue weighted by atomic mass is 9.98. The smallest absolute Gasteiger partial charge is 0.351 e. The van der Waals surface area contributed by atoms with E-state index < -0.39 is 34.2 Å². The summed E-state index contributed by atoms with van der Waals surface area (Å²) in [5, 5.41) is 0.528. The van der Waals surface area contributed by atoms with Gasteiger partial charge in [0, 0.05) is 10.6 Å². The van der Waals surface area contributed by atoms with Crippen LogP contribution in [0.2, 0.25) is 5.02 Å². The van der Waals surface area contributed by atoms with Crippen LogP contribution >= 0.6 is 11.6 Å². The number of hydrogen-bond acceptors (Lipinski definition) is 6. The fraction of sp³-hybridized carbons (Fsp3) is 0.474. The molecule has 2 unspecified atom stereocenters. The number of sulfonamides is 1. The Labute approximate surface area is 168 Å². The topological polar surface area (TPSA) is 90.0 Å². The van der Waals surface area contributed by atoms with Crippen LogP contribution in [0.1, 0.15) is 33.1 Å². The third-order valence-electron chi connectivity index (χ3n) is 5.49. The number of allylic oxidation sites excluding steroid dienone is 1. The summed E-state index contributed by atoms with van der Waals surface area (Å²) >= 11 is 5.83. The van der Waals surface area contributed by atoms with E-state index in [4.69, 9.17) is 21.1 Å². The molecule has 2 atom stereocenters. The number of fused-ring (bicyclic) bond motifs is 4. The molecular weight excluding hydrogens is 406 g/mol. The minimum Gasteiger partial charge on any atom is -0.476 e. The molecule has 150 valence electrons. The van der Waals surface area contributed by atoms with E-state index >= 15 is 0 Å². The van der Waals surface area contributed by atoms with E-state index in [1.54, 1.807) is 24.3 Å². The standard InChI is InChI=1S/C19H20ClNO6S/c1-19(2,27-14-7-5-13(20)6-8-14)18(23)26-10-21-17(22)15-11-3-4-12(9-11)16(15)28(21,24)25/h5-8,11-12H,3-4,9-10H2,1-2H3. The number of halogens is 1. The van der Waals surface area contributed by atoms with Crippen LogP contribution in [0.25, 0.3) is 0 Å². The maximum Gasteiger partial charge on any atom is 0.351 e. The Kier molecular flexibility index (Phi) is 4.46. The molecule has 9 heteroatoms. The summed E-state index contributed by atoms with van der Waals surface area (Å²) in [6.45, 7) is 2.35. The van der Waals surface area contributed by atoms with E-state index in [2.05, 4.69) is 0 Å². The van der Waals surface area contributed by atoms with E-state index in [0.717, 1.165) is 19.3 Å². The highest BCUT2D eigenvalue weighted by atomic mass is 35.5. The van der Waals surface area contributed by atoms with Crippen molar-refractivity contribution < 1.29 is 27.5 Å². The number of ether oxygens (including phenoxy) is 2. The van der Waals surface area contributed by atoms with E-state index in [0.29, 0.717) is 20.7 Å². The van der Waals surface area contributed by atoms with Gasteiger partial charge in [0.2, 0.25) is 0 Å². The second-order valence-corrected chi connectivity index (χ2v) is 10.0. The molecule has 0 spiro atoms. The van der Waals surface area contributed by atoms with Crippen molar-refractivity contribution >= 4 is 33.5 Å². The molecule has 1 aliphatic heterocycles. The van der Waals surface area contributed by atoms with Gasteiger partial charge in [0.1, 0.15) is 5.75 Å². The third kappa shape index (κ3) is 2.99. The number of hydrogen-bond donors (Lipinski definition) is 0. The zero-order chi connectivity index (χ0) is 20.3. The van der Waals surface area contributed by atoms with Crippen molar-refractivity contribution in [3.8, 4) is 5.75 Å². The molecule has 0 saturated heterocycles. The van der Waals surface area contributed by atoms with Crippen LogP contribution in [0, 0.1) is 11.8 Å². The average molecular weight is 426 g/mol. The summed E-state index contributed by atoms with van der Waals surface area (Å²) in [6, 6.07) is 6.46. The summed E-state index contributed by atoms with van der Waals surface area (Å²) in [7, 11) is -3.92. The molecule has 2 aliphatic carbocycles. The van der Waals surface area contributed by atoms with Gasteiger partial charge in [-0.3, -0.25) is 4.79 Å². The van der Waals surface area contributed by atoms with Gasteiger partial charge in [-0.05, 0) is 69.2 Å². The van der Waals surface area contributed by atoms with Gasteiger partial charge in [0.15, 0.2) is 12.3 Å². The number of carbonyl (C=O) groups excluding carboxylic acids is 2. The van der Waals surface area contributed by atoms with Gasteiger partial charge >= 0.3 is 5.97 Å². The second-order valence-electron chi connectivity index (χ2n) is 7.77. The van der Waals surface area contributed by atoms with Gasteiger partial charge in [-0.1, -0.05) is 11.6 Å². The van der Waals surface area contributed by atoms with Crippen LogP contribution in [-0.4, -0.2) is 36.9 Å². The first-order chi connectivity index (χ1) is 13.1. The molecule has 0 aromatic heterocycles. The first-order valence-corrected chi connectivity index (χ1v) is 10.9. The maximum atomic E-state index is 12.8. The summed E-state index contributed by atoms with van der Waals surface area (Å²) < 4.78 is 37.0. The number of carbonyl (C=O) groups is 2. The molecule has 1 amide bonds. The van der Waals surface area contributed by atoms with Crippen molar-refractivity contribution in [1.82, 2.24) is 4.31 Å². The fourth-order valence-corrected chi connectivity index (χ4v) is 6.19. The molecule has 1 heterocycles. The number of esters is 1. The monoisotopic (exact) mass is 425 g/mol. The highest BCUT2D eigenvalue weighted by molar-refractivity contribution is 7.94. The van der Waals surface area contributed by atoms with Crippen molar-refractivity contribution in [1.29, 1.82) is 0 Å². The molecule has 7 nitrogen and oxygen atoms in total. The lowest BCUT2D eigenvalue weighted by molar-refractivity contribution is -0.163. The summed E-state index contributed by atoms with van der Waals surface area (Å²) in [6.07, 6.45) is 2.34. The zero-order valence-electron chi connectivity index (χ0n) is 15.5. The lowest BCUT2D eigenvalue weighted by Gasteiger charge is -2.26. The third-order valence-corrected chi connectivity index (χ3v) is 7.71. The van der Waals surface area contributed by atoms with Crippen LogP contribution < -0.4 is 4.74 Å². The van der Waals surface area contributed by atoms with Gasteiger partial charge in [-0.2, -0.15) is 4.31 Å². The van der Waals surface area contributed by atoms with Crippen LogP contribution in [0.5, 0.6) is 5.75 Å². The first-order valence-electron chi connectivity index (χ1n) is 9.04. The molecule has 3 aliphatic rings. The highest BCUT2D eigenvalue weighted by Gasteiger charge is 2.56. The minimum atomic E-state index is -3.92. The average Bonchev–Trinajstić information content (AvgIpc) is 3.29. The number of rotatable bonds is 5. The molecule has 1 saturated carbocycles. The van der Waals surface area contributed by atoms with Gasteiger partial charge in [-0.15, -0.1) is 0 Å². The van der Waals surface area contributed by atoms with Gasteiger partial charge in [-0.25, -0.2) is 13.2 Å². The normalized spacial score (nSPS) is 25.2. The van der Waals surface area contributed by atoms with Gasteiger partial charge < -0.3 is 9.47 Å². The molecule has 1 aromatic rings. The summed E-state index contributed by atoms with van der Waals surface area (Å²) in [5.41, 5.74) is -0.987. The zero-order valence-corrected chi connectivity index (χ0v) is 17.0. The van der Waals surface area contributed by atoms with Crippen molar-refractivity contribution in [2.75, 3.05) is 6.73 Å². The molecule has 0 radical (unpaired) electrons. The Balaban J connectivity index is 1.44. The van der Waals surface area contributed by atoms with E-state index in [9.17, 15) is 18.0 Å². The number of amides is 1. The Morgan fingerprint density at radius 3 is 2.50 bits per heavy atom. The minimum absolute atomic E-state index is 0.00709. The Morgan fingerprint density at radius 1 is 1.21 bits per heavy atom. The van der Waals surface area contributed by atoms with Crippen LogP contribution in [-0.2, 0) is 24.3 Å². The first kappa shape index (κ1) is 19.3. The molecule has 1 aromatic carbocycles. The molecule has 2 bridgehead atoms. The largest absolute Gasteiger partial charge is 0.476 e. The van der Waals surface area contributed by atoms with Gasteiger partial charge in [0.05, 0.1) is 4.91 Å². The predicted octanol–water partition coefficient (Wildman–Crippen LogP) is 2.85. The summed E-state index contributed by atoms with van der Waals surface area (Å²) in [5.74, 6) is -1.01. The highest BCUT2D eigenvalue weighted by Crippen LogP contribution is 2.54. The quantitative estimate of drug-likeness (QED) is 0.674. The Bertz CT molecular complexity index is 982. The summed E-state index contributed by atoms with van der Waals surface area (Å²) in [4.78, 5) is 25.3. The van der Waals surface area contributed by atoms with Crippen LogP contribution in [0.4, 0.5) is 0 Å². The molecule has 4 rings (SSSR count). The fourth-order valence-electron chi connectivity index (χ4n) is 4.15. The van der Waals surface area contributed by atoms with E-state index in [1.807, 2.05) is 0 Å². The van der Waals surface area contributed by atoms with E-state index in [-0.39, 0.29) is 16.7 Å². The van der Waals surface area contributed by atoms with Crippen molar-refractivity contribution in [2.45, 2.75) is 38.7 Å². The van der Waals surface area contributed by atoms with Crippen molar-refractivity contribution in [3.63, 3.8) is 0 Å². The van der Waals surface area contributed by atoms with E-state index in [1.165, 1.54) is 13.8 Å². The number of benzene rings is 1. The number of nitrogens with zero attached hydrogens (tertiary/aromatic N) is 1. The van der Waals surface area contributed by atoms with Gasteiger partial charge in [0.25, 0.3) is 15.9 Å². The van der Waals surface area contributed by atoms with Crippen LogP contribution in [0.15, 0.2) is 34.7 Å². The Hall–Kier alpha value is -2.06. The second kappa shape index (κ2) is 6.49. The molecule has 28 heavy (non-hydrogen) atoms. The molecule has 1 fully saturated rings. The molecule has 0 N–H and O–H groups in total. The lowest BCUT2D eigenvalue weighted by Crippen LogP contribution is -2.43. The van der Waals surface area contributed by atoms with Crippen LogP contribution in [0.3, 0.4) is 0 Å². The van der Waals surface area contributed by atoms with Crippen molar-refractivity contribution in [2.24, 2.45) is 11.8 Å².